The van der Waals surface area contributed by atoms with Gasteiger partial charge in [0.1, 0.15) is 11.5 Å². The second kappa shape index (κ2) is 12.2. The molecule has 0 radical (unpaired) electrons. The Bertz CT molecular complexity index is 1660. The lowest BCUT2D eigenvalue weighted by atomic mass is 9.99. The fourth-order valence-electron chi connectivity index (χ4n) is 4.23. The molecular formula is C30H29F7N4O3. The van der Waals surface area contributed by atoms with E-state index in [0.717, 1.165) is 18.6 Å². The number of alkyl halides is 6. The number of anilines is 1. The molecule has 2 aromatic heterocycles. The minimum atomic E-state index is -5.10. The van der Waals surface area contributed by atoms with Crippen LogP contribution in [0.25, 0.3) is 16.9 Å². The maximum absolute atomic E-state index is 14.3. The number of nitrogens with one attached hydrogen (secondary N) is 2. The summed E-state index contributed by atoms with van der Waals surface area (Å²) in [4.78, 5) is 17.2. The van der Waals surface area contributed by atoms with E-state index in [9.17, 15) is 35.5 Å². The second-order valence-electron chi connectivity index (χ2n) is 10.7. The lowest BCUT2D eigenvalue weighted by molar-refractivity contribution is -0.275. The summed E-state index contributed by atoms with van der Waals surface area (Å²) in [5.74, 6) is -2.82. The number of nitrogens with zero attached hydrogens (tertiary/aromatic N) is 2. The molecule has 2 aromatic carbocycles. The number of carbonyl (C=O) groups is 1. The molecule has 0 unspecified atom stereocenters. The number of ether oxygens (including phenoxy) is 2. The molecule has 0 spiro atoms. The Labute approximate surface area is 248 Å². The number of imidazole rings is 1. The molecule has 1 amide bonds. The topological polar surface area (TPSA) is 76.9 Å². The van der Waals surface area contributed by atoms with Crippen molar-refractivity contribution < 1.29 is 45.0 Å². The molecule has 0 atom stereocenters. The first-order valence-corrected chi connectivity index (χ1v) is 13.4. The van der Waals surface area contributed by atoms with Crippen LogP contribution in [0.5, 0.6) is 17.2 Å². The van der Waals surface area contributed by atoms with Crippen LogP contribution in [0.3, 0.4) is 0 Å². The third-order valence-corrected chi connectivity index (χ3v) is 6.77. The van der Waals surface area contributed by atoms with E-state index in [1.165, 1.54) is 22.9 Å². The zero-order valence-corrected chi connectivity index (χ0v) is 24.1. The van der Waals surface area contributed by atoms with Gasteiger partial charge in [0.05, 0.1) is 30.2 Å². The van der Waals surface area contributed by atoms with Crippen LogP contribution in [0.15, 0.2) is 54.9 Å². The molecule has 0 saturated heterocycles. The fraction of sp³-hybridized carbons (Fsp3) is 0.333. The molecule has 44 heavy (non-hydrogen) atoms. The van der Waals surface area contributed by atoms with Crippen molar-refractivity contribution in [3.8, 4) is 28.5 Å². The van der Waals surface area contributed by atoms with Crippen molar-refractivity contribution >= 4 is 17.2 Å². The maximum Gasteiger partial charge on any atom is 0.573 e. The van der Waals surface area contributed by atoms with Crippen LogP contribution in [0, 0.1) is 12.7 Å². The lowest BCUT2D eigenvalue weighted by Crippen LogP contribution is -2.43. The van der Waals surface area contributed by atoms with Crippen LogP contribution < -0.4 is 20.1 Å². The molecule has 0 aliphatic heterocycles. The number of aromatic nitrogens is 2. The number of carbonyl (C=O) groups excluding carboxylic acids is 1. The SMILES string of the molecule is CCC(C)(C)NC(=O)c1ccc(-c2cnc3c(NCCC(F)(F)F)cc(Oc4ccc(OC(F)(F)F)c(F)c4)cn23)cc1C. The zero-order valence-electron chi connectivity index (χ0n) is 24.1. The van der Waals surface area contributed by atoms with E-state index in [1.807, 2.05) is 20.8 Å². The fourth-order valence-corrected chi connectivity index (χ4v) is 4.23. The monoisotopic (exact) mass is 626 g/mol. The standard InChI is InChI=1S/C30H29F7N4O3/c1-5-28(3,4)40-27(42)21-8-6-18(12-17(21)2)24-15-39-26-23(38-11-10-29(32,33)34)14-20(16-41(24)26)43-19-7-9-25(22(31)13-19)44-30(35,36)37/h6-9,12-16,38H,5,10-11H2,1-4H3,(H,40,42). The third-order valence-electron chi connectivity index (χ3n) is 6.77. The normalized spacial score (nSPS) is 12.3. The van der Waals surface area contributed by atoms with Crippen LogP contribution in [0.1, 0.15) is 49.5 Å². The molecule has 0 aliphatic rings. The van der Waals surface area contributed by atoms with Gasteiger partial charge in [-0.2, -0.15) is 13.2 Å². The number of halogens is 7. The predicted molar refractivity (Wildman–Crippen MR) is 150 cm³/mol. The van der Waals surface area contributed by atoms with Crippen molar-refractivity contribution in [3.63, 3.8) is 0 Å². The highest BCUT2D eigenvalue weighted by atomic mass is 19.4. The Morgan fingerprint density at radius 2 is 1.73 bits per heavy atom. The first kappa shape index (κ1) is 32.4. The Kier molecular flexibility index (Phi) is 9.03. The molecule has 14 heteroatoms. The van der Waals surface area contributed by atoms with Gasteiger partial charge in [-0.25, -0.2) is 9.37 Å². The Balaban J connectivity index is 1.71. The quantitative estimate of drug-likeness (QED) is 0.173. The Morgan fingerprint density at radius 1 is 1.00 bits per heavy atom. The minimum Gasteiger partial charge on any atom is -0.456 e. The summed E-state index contributed by atoms with van der Waals surface area (Å²) in [5.41, 5.74) is 2.23. The number of benzene rings is 2. The van der Waals surface area contributed by atoms with Gasteiger partial charge in [0.15, 0.2) is 17.2 Å². The average molecular weight is 627 g/mol. The molecule has 0 fully saturated rings. The number of rotatable bonds is 10. The van der Waals surface area contributed by atoms with Crippen LogP contribution in [-0.4, -0.2) is 39.9 Å². The van der Waals surface area contributed by atoms with Crippen LogP contribution in [-0.2, 0) is 0 Å². The van der Waals surface area contributed by atoms with Crippen LogP contribution in [0.4, 0.5) is 36.4 Å². The maximum atomic E-state index is 14.3. The van der Waals surface area contributed by atoms with Gasteiger partial charge in [-0.1, -0.05) is 13.0 Å². The number of hydrogen-bond donors (Lipinski definition) is 2. The second-order valence-corrected chi connectivity index (χ2v) is 10.7. The highest BCUT2D eigenvalue weighted by Gasteiger charge is 2.32. The van der Waals surface area contributed by atoms with Crippen molar-refractivity contribution in [1.82, 2.24) is 14.7 Å². The van der Waals surface area contributed by atoms with E-state index in [0.29, 0.717) is 28.5 Å². The number of pyridine rings is 1. The summed E-state index contributed by atoms with van der Waals surface area (Å²) in [7, 11) is 0. The van der Waals surface area contributed by atoms with E-state index in [1.54, 1.807) is 25.1 Å². The van der Waals surface area contributed by atoms with Crippen molar-refractivity contribution in [2.45, 2.75) is 58.6 Å². The van der Waals surface area contributed by atoms with E-state index in [4.69, 9.17) is 4.74 Å². The highest BCUT2D eigenvalue weighted by Crippen LogP contribution is 2.34. The van der Waals surface area contributed by atoms with E-state index >= 15 is 0 Å². The van der Waals surface area contributed by atoms with Crippen LogP contribution >= 0.6 is 0 Å². The van der Waals surface area contributed by atoms with Crippen LogP contribution in [0.2, 0.25) is 0 Å². The summed E-state index contributed by atoms with van der Waals surface area (Å²) in [5, 5.41) is 5.67. The van der Waals surface area contributed by atoms with Gasteiger partial charge in [-0.3, -0.25) is 9.20 Å². The molecule has 0 aliphatic carbocycles. The number of fused-ring (bicyclic) bond motifs is 1. The van der Waals surface area contributed by atoms with Gasteiger partial charge in [-0.05, 0) is 57.0 Å². The average Bonchev–Trinajstić information content (AvgIpc) is 3.32. The van der Waals surface area contributed by atoms with Crippen molar-refractivity contribution in [3.05, 3.63) is 71.8 Å². The molecule has 4 rings (SSSR count). The summed E-state index contributed by atoms with van der Waals surface area (Å²) < 4.78 is 101. The van der Waals surface area contributed by atoms with Gasteiger partial charge < -0.3 is 20.1 Å². The predicted octanol–water partition coefficient (Wildman–Crippen LogP) is 8.42. The lowest BCUT2D eigenvalue weighted by Gasteiger charge is -2.25. The summed E-state index contributed by atoms with van der Waals surface area (Å²) in [6.07, 6.45) is -7.00. The number of hydrogen-bond acceptors (Lipinski definition) is 5. The van der Waals surface area contributed by atoms with Gasteiger partial charge in [0, 0.05) is 35.3 Å². The largest absolute Gasteiger partial charge is 0.573 e. The van der Waals surface area contributed by atoms with E-state index in [2.05, 4.69) is 20.4 Å². The van der Waals surface area contributed by atoms with E-state index < -0.39 is 42.6 Å². The van der Waals surface area contributed by atoms with Gasteiger partial charge in [0.25, 0.3) is 5.91 Å². The Hall–Kier alpha value is -4.49. The minimum absolute atomic E-state index is 0.0182. The molecule has 0 saturated carbocycles. The van der Waals surface area contributed by atoms with Crippen molar-refractivity contribution in [1.29, 1.82) is 0 Å². The molecule has 236 valence electrons. The number of aryl methyl sites for hydroxylation is 1. The molecular weight excluding hydrogens is 597 g/mol. The molecule has 7 nitrogen and oxygen atoms in total. The van der Waals surface area contributed by atoms with E-state index in [-0.39, 0.29) is 28.7 Å². The third kappa shape index (κ3) is 8.11. The Morgan fingerprint density at radius 3 is 2.34 bits per heavy atom. The summed E-state index contributed by atoms with van der Waals surface area (Å²) in [6, 6.07) is 8.93. The molecule has 0 bridgehead atoms. The zero-order chi connectivity index (χ0) is 32.4. The van der Waals surface area contributed by atoms with Crippen molar-refractivity contribution in [2.75, 3.05) is 11.9 Å². The summed E-state index contributed by atoms with van der Waals surface area (Å²) in [6.45, 7) is 7.05. The van der Waals surface area contributed by atoms with Gasteiger partial charge in [0.2, 0.25) is 0 Å². The van der Waals surface area contributed by atoms with Gasteiger partial charge >= 0.3 is 12.5 Å². The summed E-state index contributed by atoms with van der Waals surface area (Å²) >= 11 is 0. The molecule has 2 N–H and O–H groups in total. The van der Waals surface area contributed by atoms with Gasteiger partial charge in [-0.15, -0.1) is 13.2 Å². The first-order valence-electron chi connectivity index (χ1n) is 13.4. The number of amides is 1. The molecule has 2 heterocycles. The molecule has 4 aromatic rings. The smallest absolute Gasteiger partial charge is 0.456 e. The highest BCUT2D eigenvalue weighted by molar-refractivity contribution is 5.96. The first-order chi connectivity index (χ1) is 20.4. The van der Waals surface area contributed by atoms with Crippen molar-refractivity contribution in [2.24, 2.45) is 0 Å².